The van der Waals surface area contributed by atoms with Crippen LogP contribution in [0.15, 0.2) is 24.3 Å². The van der Waals surface area contributed by atoms with Gasteiger partial charge in [-0.1, -0.05) is 32.4 Å². The number of piperidine rings is 1. The Hall–Kier alpha value is -1.42. The summed E-state index contributed by atoms with van der Waals surface area (Å²) in [5.74, 6) is 0.546. The highest BCUT2D eigenvalue weighted by atomic mass is 19.1. The fourth-order valence-electron chi connectivity index (χ4n) is 3.37. The highest BCUT2D eigenvalue weighted by Crippen LogP contribution is 2.29. The Balaban J connectivity index is 2.02. The zero-order valence-corrected chi connectivity index (χ0v) is 13.5. The van der Waals surface area contributed by atoms with Crippen LogP contribution in [0.5, 0.6) is 0 Å². The first kappa shape index (κ1) is 16.9. The van der Waals surface area contributed by atoms with Crippen LogP contribution in [0.4, 0.5) is 4.39 Å². The van der Waals surface area contributed by atoms with E-state index in [1.54, 1.807) is 0 Å². The van der Waals surface area contributed by atoms with Crippen LogP contribution in [-0.4, -0.2) is 29.9 Å². The summed E-state index contributed by atoms with van der Waals surface area (Å²) in [5.41, 5.74) is 6.73. The number of nitrogens with zero attached hydrogens (tertiary/aromatic N) is 1. The SMILES string of the molecule is CC(C)[C](C(N)=O)C1CCCCN1CCc1ccc(F)cc1. The second kappa shape index (κ2) is 7.73. The molecular weight excluding hydrogens is 279 g/mol. The van der Waals surface area contributed by atoms with Crippen LogP contribution in [0.2, 0.25) is 0 Å². The molecule has 2 rings (SSSR count). The summed E-state index contributed by atoms with van der Waals surface area (Å²) < 4.78 is 13.0. The van der Waals surface area contributed by atoms with E-state index in [9.17, 15) is 9.18 Å². The summed E-state index contributed by atoms with van der Waals surface area (Å²) >= 11 is 0. The third kappa shape index (κ3) is 4.29. The van der Waals surface area contributed by atoms with Gasteiger partial charge in [-0.3, -0.25) is 9.69 Å². The third-order valence-electron chi connectivity index (χ3n) is 4.48. The van der Waals surface area contributed by atoms with Gasteiger partial charge in [-0.25, -0.2) is 4.39 Å². The Bertz CT molecular complexity index is 486. The normalized spacial score (nSPS) is 19.8. The van der Waals surface area contributed by atoms with Crippen molar-refractivity contribution in [2.24, 2.45) is 11.7 Å². The zero-order chi connectivity index (χ0) is 16.1. The van der Waals surface area contributed by atoms with Crippen molar-refractivity contribution in [2.45, 2.75) is 45.6 Å². The zero-order valence-electron chi connectivity index (χ0n) is 13.5. The van der Waals surface area contributed by atoms with E-state index >= 15 is 0 Å². The second-order valence-electron chi connectivity index (χ2n) is 6.40. The smallest absolute Gasteiger partial charge is 0.226 e. The van der Waals surface area contributed by atoms with Gasteiger partial charge >= 0.3 is 0 Å². The highest BCUT2D eigenvalue weighted by molar-refractivity contribution is 5.89. The minimum atomic E-state index is -0.270. The van der Waals surface area contributed by atoms with E-state index in [0.29, 0.717) is 0 Å². The van der Waals surface area contributed by atoms with E-state index in [0.717, 1.165) is 50.3 Å². The first-order chi connectivity index (χ1) is 10.5. The van der Waals surface area contributed by atoms with Gasteiger partial charge in [-0.2, -0.15) is 0 Å². The summed E-state index contributed by atoms with van der Waals surface area (Å²) in [6, 6.07) is 6.81. The summed E-state index contributed by atoms with van der Waals surface area (Å²) in [6.07, 6.45) is 4.16. The molecule has 121 valence electrons. The molecule has 1 amide bonds. The van der Waals surface area contributed by atoms with Gasteiger partial charge in [0.25, 0.3) is 0 Å². The van der Waals surface area contributed by atoms with E-state index in [2.05, 4.69) is 4.90 Å². The fraction of sp³-hybridized carbons (Fsp3) is 0.556. The number of halogens is 1. The monoisotopic (exact) mass is 305 g/mol. The number of likely N-dealkylation sites (tertiary alicyclic amines) is 1. The minimum absolute atomic E-state index is 0.159. The van der Waals surface area contributed by atoms with Gasteiger partial charge in [0.2, 0.25) is 5.91 Å². The third-order valence-corrected chi connectivity index (χ3v) is 4.48. The van der Waals surface area contributed by atoms with Crippen LogP contribution in [0.25, 0.3) is 0 Å². The Morgan fingerprint density at radius 3 is 2.59 bits per heavy atom. The molecule has 0 spiro atoms. The topological polar surface area (TPSA) is 46.3 Å². The lowest BCUT2D eigenvalue weighted by atomic mass is 9.82. The number of benzene rings is 1. The molecule has 1 saturated heterocycles. The number of nitrogens with two attached hydrogens (primary N) is 1. The molecule has 1 heterocycles. The average Bonchev–Trinajstić information content (AvgIpc) is 2.47. The molecule has 0 aromatic heterocycles. The lowest BCUT2D eigenvalue weighted by molar-refractivity contribution is -0.118. The molecule has 1 aromatic carbocycles. The van der Waals surface area contributed by atoms with Crippen molar-refractivity contribution >= 4 is 5.91 Å². The summed E-state index contributed by atoms with van der Waals surface area (Å²) in [7, 11) is 0. The van der Waals surface area contributed by atoms with Crippen LogP contribution in [0, 0.1) is 17.7 Å². The number of amides is 1. The molecule has 1 radical (unpaired) electrons. The number of primary amides is 1. The van der Waals surface area contributed by atoms with Crippen LogP contribution in [-0.2, 0) is 11.2 Å². The maximum absolute atomic E-state index is 13.0. The summed E-state index contributed by atoms with van der Waals surface area (Å²) in [5, 5.41) is 0. The molecule has 1 fully saturated rings. The number of rotatable bonds is 6. The number of hydrogen-bond donors (Lipinski definition) is 1. The number of carbonyl (C=O) groups excluding carboxylic acids is 1. The van der Waals surface area contributed by atoms with Gasteiger partial charge in [0.05, 0.1) is 5.92 Å². The van der Waals surface area contributed by atoms with E-state index in [1.807, 2.05) is 26.0 Å². The Labute approximate surface area is 132 Å². The molecule has 1 aliphatic heterocycles. The van der Waals surface area contributed by atoms with Crippen molar-refractivity contribution < 1.29 is 9.18 Å². The lowest BCUT2D eigenvalue weighted by Gasteiger charge is -2.40. The summed E-state index contributed by atoms with van der Waals surface area (Å²) in [6.45, 7) is 5.94. The van der Waals surface area contributed by atoms with Gasteiger partial charge in [-0.15, -0.1) is 0 Å². The van der Waals surface area contributed by atoms with Crippen molar-refractivity contribution in [3.63, 3.8) is 0 Å². The van der Waals surface area contributed by atoms with Gasteiger partial charge in [0.1, 0.15) is 5.82 Å². The molecule has 2 N–H and O–H groups in total. The summed E-state index contributed by atoms with van der Waals surface area (Å²) in [4.78, 5) is 14.2. The van der Waals surface area contributed by atoms with Crippen molar-refractivity contribution in [3.8, 4) is 0 Å². The minimum Gasteiger partial charge on any atom is -0.369 e. The first-order valence-corrected chi connectivity index (χ1v) is 8.14. The maximum Gasteiger partial charge on any atom is 0.226 e. The average molecular weight is 305 g/mol. The number of carbonyl (C=O) groups is 1. The van der Waals surface area contributed by atoms with Crippen LogP contribution < -0.4 is 5.73 Å². The first-order valence-electron chi connectivity index (χ1n) is 8.14. The molecule has 4 heteroatoms. The van der Waals surface area contributed by atoms with Crippen molar-refractivity contribution in [1.82, 2.24) is 4.90 Å². The standard InChI is InChI=1S/C18H26FN2O/c1-13(2)17(18(20)22)16-5-3-4-11-21(16)12-10-14-6-8-15(19)9-7-14/h6-9,13,16H,3-5,10-12H2,1-2H3,(H2,20,22). The molecule has 0 saturated carbocycles. The largest absolute Gasteiger partial charge is 0.369 e. The van der Waals surface area contributed by atoms with Crippen molar-refractivity contribution in [1.29, 1.82) is 0 Å². The van der Waals surface area contributed by atoms with Crippen molar-refractivity contribution in [3.05, 3.63) is 41.6 Å². The molecular formula is C18H26FN2O. The Kier molecular flexibility index (Phi) is 5.95. The van der Waals surface area contributed by atoms with Gasteiger partial charge in [0, 0.05) is 12.6 Å². The Morgan fingerprint density at radius 2 is 2.00 bits per heavy atom. The quantitative estimate of drug-likeness (QED) is 0.878. The fourth-order valence-corrected chi connectivity index (χ4v) is 3.37. The van der Waals surface area contributed by atoms with E-state index in [1.165, 1.54) is 12.1 Å². The second-order valence-corrected chi connectivity index (χ2v) is 6.40. The molecule has 0 bridgehead atoms. The van der Waals surface area contributed by atoms with Crippen LogP contribution in [0.1, 0.15) is 38.7 Å². The predicted octanol–water partition coefficient (Wildman–Crippen LogP) is 2.94. The molecule has 1 unspecified atom stereocenters. The molecule has 22 heavy (non-hydrogen) atoms. The molecule has 0 aliphatic carbocycles. The lowest BCUT2D eigenvalue weighted by Crippen LogP contribution is -2.49. The van der Waals surface area contributed by atoms with E-state index < -0.39 is 0 Å². The Morgan fingerprint density at radius 1 is 1.32 bits per heavy atom. The number of hydrogen-bond acceptors (Lipinski definition) is 2. The van der Waals surface area contributed by atoms with Crippen LogP contribution in [0.3, 0.4) is 0 Å². The predicted molar refractivity (Wildman–Crippen MR) is 86.6 cm³/mol. The maximum atomic E-state index is 13.0. The van der Waals surface area contributed by atoms with Crippen molar-refractivity contribution in [2.75, 3.05) is 13.1 Å². The van der Waals surface area contributed by atoms with Gasteiger partial charge < -0.3 is 5.73 Å². The van der Waals surface area contributed by atoms with Crippen LogP contribution >= 0.6 is 0 Å². The van der Waals surface area contributed by atoms with Gasteiger partial charge in [0.15, 0.2) is 0 Å². The molecule has 1 aliphatic rings. The highest BCUT2D eigenvalue weighted by Gasteiger charge is 2.35. The van der Waals surface area contributed by atoms with E-state index in [-0.39, 0.29) is 23.7 Å². The van der Waals surface area contributed by atoms with E-state index in [4.69, 9.17) is 5.73 Å². The molecule has 3 nitrogen and oxygen atoms in total. The molecule has 1 atom stereocenters. The van der Waals surface area contributed by atoms with Gasteiger partial charge in [-0.05, 0) is 49.4 Å². The molecule has 1 aromatic rings.